The number of nitrogens with one attached hydrogen (secondary N) is 1. The highest BCUT2D eigenvalue weighted by atomic mass is 79.9. The van der Waals surface area contributed by atoms with Gasteiger partial charge in [0.25, 0.3) is 6.43 Å². The lowest BCUT2D eigenvalue weighted by molar-refractivity contribution is 0.142. The van der Waals surface area contributed by atoms with Crippen LogP contribution in [-0.2, 0) is 0 Å². The van der Waals surface area contributed by atoms with Gasteiger partial charge in [-0.1, -0.05) is 0 Å². The summed E-state index contributed by atoms with van der Waals surface area (Å²) in [5.74, 6) is 0. The highest BCUT2D eigenvalue weighted by Gasteiger charge is 2.15. The Bertz CT molecular complexity index is 300. The van der Waals surface area contributed by atoms with Gasteiger partial charge in [-0.2, -0.15) is 0 Å². The van der Waals surface area contributed by atoms with Gasteiger partial charge in [0.2, 0.25) is 0 Å². The summed E-state index contributed by atoms with van der Waals surface area (Å²) in [5, 5.41) is 2.72. The third-order valence-corrected chi connectivity index (χ3v) is 5.13. The van der Waals surface area contributed by atoms with E-state index in [1.165, 1.54) is 11.3 Å². The van der Waals surface area contributed by atoms with Crippen molar-refractivity contribution in [3.8, 4) is 0 Å². The smallest absolute Gasteiger partial charge is 0.250 e. The predicted octanol–water partition coefficient (Wildman–Crippen LogP) is 3.13. The molecule has 0 radical (unpaired) electrons. The molecule has 15 heavy (non-hydrogen) atoms. The first-order chi connectivity index (χ1) is 7.04. The second kappa shape index (κ2) is 6.24. The first-order valence-electron chi connectivity index (χ1n) is 4.21. The lowest BCUT2D eigenvalue weighted by Crippen LogP contribution is -2.31. The summed E-state index contributed by atoms with van der Waals surface area (Å²) in [4.78, 5) is 0.942. The van der Waals surface area contributed by atoms with E-state index in [-0.39, 0.29) is 12.6 Å². The minimum absolute atomic E-state index is 0.216. The van der Waals surface area contributed by atoms with Gasteiger partial charge in [-0.25, -0.2) is 8.78 Å². The summed E-state index contributed by atoms with van der Waals surface area (Å²) < 4.78 is 25.9. The van der Waals surface area contributed by atoms with Gasteiger partial charge in [0.15, 0.2) is 0 Å². The Balaban J connectivity index is 2.65. The predicted molar refractivity (Wildman–Crippen MR) is 65.5 cm³/mol. The van der Waals surface area contributed by atoms with Crippen LogP contribution in [-0.4, -0.2) is 19.5 Å². The average molecular weight is 364 g/mol. The highest BCUT2D eigenvalue weighted by molar-refractivity contribution is 9.13. The maximum absolute atomic E-state index is 12.0. The van der Waals surface area contributed by atoms with Crippen LogP contribution in [0.4, 0.5) is 8.78 Å². The van der Waals surface area contributed by atoms with Crippen LogP contribution in [0, 0.1) is 0 Å². The van der Waals surface area contributed by atoms with Gasteiger partial charge in [0.1, 0.15) is 0 Å². The van der Waals surface area contributed by atoms with E-state index >= 15 is 0 Å². The number of nitrogens with two attached hydrogens (primary N) is 1. The molecule has 0 bridgehead atoms. The van der Waals surface area contributed by atoms with E-state index < -0.39 is 6.43 Å². The Morgan fingerprint density at radius 2 is 2.13 bits per heavy atom. The Morgan fingerprint density at radius 3 is 2.53 bits per heavy atom. The minimum Gasteiger partial charge on any atom is -0.329 e. The standard InChI is InChI=1S/C8H10Br2F2N2S/c9-4-1-6(15-8(4)10)5(2-13)14-3-7(11)12/h1,5,7,14H,2-3,13H2. The van der Waals surface area contributed by atoms with Gasteiger partial charge in [-0.05, 0) is 37.9 Å². The monoisotopic (exact) mass is 362 g/mol. The van der Waals surface area contributed by atoms with Crippen LogP contribution in [0.1, 0.15) is 10.9 Å². The lowest BCUT2D eigenvalue weighted by Gasteiger charge is -2.14. The van der Waals surface area contributed by atoms with Gasteiger partial charge in [0.05, 0.1) is 16.4 Å². The SMILES string of the molecule is NCC(NCC(F)F)c1cc(Br)c(Br)s1. The summed E-state index contributed by atoms with van der Waals surface area (Å²) in [5.41, 5.74) is 5.52. The molecule has 1 atom stereocenters. The maximum atomic E-state index is 12.0. The van der Waals surface area contributed by atoms with Crippen molar-refractivity contribution in [2.75, 3.05) is 13.1 Å². The Hall–Kier alpha value is 0.440. The molecule has 3 N–H and O–H groups in total. The number of rotatable bonds is 5. The molecule has 1 unspecified atom stereocenters. The topological polar surface area (TPSA) is 38.0 Å². The summed E-state index contributed by atoms with van der Waals surface area (Å²) >= 11 is 8.17. The number of hydrogen-bond donors (Lipinski definition) is 2. The van der Waals surface area contributed by atoms with E-state index in [1.54, 1.807) is 0 Å². The molecule has 0 fully saturated rings. The van der Waals surface area contributed by atoms with Crippen LogP contribution in [0.3, 0.4) is 0 Å². The quantitative estimate of drug-likeness (QED) is 0.843. The highest BCUT2D eigenvalue weighted by Crippen LogP contribution is 2.35. The van der Waals surface area contributed by atoms with Gasteiger partial charge < -0.3 is 11.1 Å². The molecule has 0 saturated heterocycles. The van der Waals surface area contributed by atoms with Crippen molar-refractivity contribution in [2.24, 2.45) is 5.73 Å². The molecule has 1 aromatic heterocycles. The molecule has 0 aliphatic carbocycles. The van der Waals surface area contributed by atoms with Crippen molar-refractivity contribution in [1.82, 2.24) is 5.32 Å². The zero-order valence-corrected chi connectivity index (χ0v) is 11.6. The van der Waals surface area contributed by atoms with Crippen molar-refractivity contribution in [1.29, 1.82) is 0 Å². The molecule has 0 spiro atoms. The van der Waals surface area contributed by atoms with Crippen molar-refractivity contribution in [3.05, 3.63) is 19.2 Å². The number of halogens is 4. The van der Waals surface area contributed by atoms with Crippen molar-refractivity contribution < 1.29 is 8.78 Å². The summed E-state index contributed by atoms with van der Waals surface area (Å²) in [6.07, 6.45) is -2.36. The normalized spacial score (nSPS) is 13.5. The van der Waals surface area contributed by atoms with E-state index in [4.69, 9.17) is 5.73 Å². The molecule has 7 heteroatoms. The van der Waals surface area contributed by atoms with Crippen LogP contribution in [0.5, 0.6) is 0 Å². The largest absolute Gasteiger partial charge is 0.329 e. The first kappa shape index (κ1) is 13.5. The second-order valence-corrected chi connectivity index (χ2v) is 6.11. The van der Waals surface area contributed by atoms with Crippen molar-refractivity contribution in [3.63, 3.8) is 0 Å². The molecule has 1 aromatic rings. The molecule has 0 aliphatic heterocycles. The Kier molecular flexibility index (Phi) is 5.62. The van der Waals surface area contributed by atoms with Gasteiger partial charge in [0, 0.05) is 15.9 Å². The number of hydrogen-bond acceptors (Lipinski definition) is 3. The average Bonchev–Trinajstić information content (AvgIpc) is 2.47. The summed E-state index contributed by atoms with van der Waals surface area (Å²) in [7, 11) is 0. The van der Waals surface area contributed by atoms with E-state index in [2.05, 4.69) is 37.2 Å². The molecule has 0 saturated carbocycles. The lowest BCUT2D eigenvalue weighted by atomic mass is 10.2. The first-order valence-corrected chi connectivity index (χ1v) is 6.61. The number of alkyl halides is 2. The van der Waals surface area contributed by atoms with Crippen LogP contribution in [0.25, 0.3) is 0 Å². The van der Waals surface area contributed by atoms with Crippen molar-refractivity contribution in [2.45, 2.75) is 12.5 Å². The van der Waals surface area contributed by atoms with E-state index in [1.807, 2.05) is 6.07 Å². The molecule has 86 valence electrons. The van der Waals surface area contributed by atoms with E-state index in [0.717, 1.165) is 13.1 Å². The van der Waals surface area contributed by atoms with Gasteiger partial charge >= 0.3 is 0 Å². The fourth-order valence-electron chi connectivity index (χ4n) is 1.07. The zero-order chi connectivity index (χ0) is 11.4. The third-order valence-electron chi connectivity index (χ3n) is 1.76. The van der Waals surface area contributed by atoms with Gasteiger partial charge in [-0.3, -0.25) is 0 Å². The molecular weight excluding hydrogens is 354 g/mol. The summed E-state index contributed by atoms with van der Waals surface area (Å²) in [6.45, 7) is -0.0406. The molecule has 0 aromatic carbocycles. The fraction of sp³-hybridized carbons (Fsp3) is 0.500. The molecule has 0 amide bonds. The van der Waals surface area contributed by atoms with Crippen LogP contribution >= 0.6 is 43.2 Å². The van der Waals surface area contributed by atoms with Crippen molar-refractivity contribution >= 4 is 43.2 Å². The maximum Gasteiger partial charge on any atom is 0.250 e. The van der Waals surface area contributed by atoms with E-state index in [0.29, 0.717) is 6.54 Å². The van der Waals surface area contributed by atoms with Crippen LogP contribution in [0.15, 0.2) is 14.3 Å². The molecule has 2 nitrogen and oxygen atoms in total. The molecule has 1 heterocycles. The van der Waals surface area contributed by atoms with E-state index in [9.17, 15) is 8.78 Å². The number of thiophene rings is 1. The fourth-order valence-corrected chi connectivity index (χ4v) is 3.24. The van der Waals surface area contributed by atoms with Crippen LogP contribution in [0.2, 0.25) is 0 Å². The Morgan fingerprint density at radius 1 is 1.47 bits per heavy atom. The molecular formula is C8H10Br2F2N2S. The summed E-state index contributed by atoms with van der Waals surface area (Å²) in [6, 6.07) is 1.66. The van der Waals surface area contributed by atoms with Crippen LogP contribution < -0.4 is 11.1 Å². The second-order valence-electron chi connectivity index (χ2n) is 2.86. The zero-order valence-electron chi connectivity index (χ0n) is 7.64. The molecule has 0 aliphatic rings. The minimum atomic E-state index is -2.36. The molecule has 1 rings (SSSR count). The van der Waals surface area contributed by atoms with Gasteiger partial charge in [-0.15, -0.1) is 11.3 Å². The third kappa shape index (κ3) is 4.07. The Labute approximate surface area is 107 Å².